The Bertz CT molecular complexity index is 776. The van der Waals surface area contributed by atoms with Crippen molar-refractivity contribution in [1.82, 2.24) is 5.32 Å². The van der Waals surface area contributed by atoms with Gasteiger partial charge in [0.15, 0.2) is 0 Å². The van der Waals surface area contributed by atoms with Crippen LogP contribution in [0.3, 0.4) is 0 Å². The minimum atomic E-state index is -0.629. The van der Waals surface area contributed by atoms with Gasteiger partial charge in [0.05, 0.1) is 0 Å². The molecule has 2 aromatic carbocycles. The molecule has 0 spiro atoms. The van der Waals surface area contributed by atoms with Gasteiger partial charge in [-0.3, -0.25) is 4.79 Å². The second-order valence-corrected chi connectivity index (χ2v) is 8.38. The van der Waals surface area contributed by atoms with Gasteiger partial charge < -0.3 is 14.8 Å². The van der Waals surface area contributed by atoms with Gasteiger partial charge in [-0.15, -0.1) is 11.8 Å². The van der Waals surface area contributed by atoms with Crippen molar-refractivity contribution in [2.24, 2.45) is 0 Å². The van der Waals surface area contributed by atoms with Crippen LogP contribution in [0.5, 0.6) is 0 Å². The smallest absolute Gasteiger partial charge is 0.408 e. The van der Waals surface area contributed by atoms with Crippen molar-refractivity contribution in [3.05, 3.63) is 66.0 Å². The average molecular weight is 436 g/mol. The summed E-state index contributed by atoms with van der Waals surface area (Å²) in [7, 11) is 0. The van der Waals surface area contributed by atoms with Crippen LogP contribution in [-0.2, 0) is 20.7 Å². The zero-order chi connectivity index (χ0) is 22.6. The Kier molecular flexibility index (Phi) is 11.0. The van der Waals surface area contributed by atoms with Crippen LogP contribution in [0.2, 0.25) is 0 Å². The predicted molar refractivity (Wildman–Crippen MR) is 118 cm³/mol. The first kappa shape index (κ1) is 25.5. The van der Waals surface area contributed by atoms with Gasteiger partial charge in [0.25, 0.3) is 0 Å². The Hall–Kier alpha value is -2.54. The van der Waals surface area contributed by atoms with Crippen LogP contribution in [0.25, 0.3) is 0 Å². The molecule has 0 aliphatic heterocycles. The Morgan fingerprint density at radius 2 is 1.67 bits per heavy atom. The maximum absolute atomic E-state index is 12.2. The van der Waals surface area contributed by atoms with Crippen LogP contribution in [0, 0.1) is 5.82 Å². The lowest BCUT2D eigenvalue weighted by atomic mass is 10.1. The van der Waals surface area contributed by atoms with Crippen molar-refractivity contribution in [1.29, 1.82) is 0 Å². The monoisotopic (exact) mass is 435 g/mol. The first-order chi connectivity index (χ1) is 14.1. The second-order valence-electron chi connectivity index (χ2n) is 7.50. The molecule has 30 heavy (non-hydrogen) atoms. The van der Waals surface area contributed by atoms with Crippen molar-refractivity contribution in [2.75, 3.05) is 12.8 Å². The second kappa shape index (κ2) is 12.9. The minimum Gasteiger partial charge on any atom is -0.461 e. The molecule has 0 aliphatic rings. The Morgan fingerprint density at radius 3 is 2.20 bits per heavy atom. The third kappa shape index (κ3) is 12.1. The van der Waals surface area contributed by atoms with Crippen LogP contribution in [-0.4, -0.2) is 36.6 Å². The molecule has 164 valence electrons. The number of esters is 1. The zero-order valence-corrected chi connectivity index (χ0v) is 18.9. The summed E-state index contributed by atoms with van der Waals surface area (Å²) >= 11 is 1.61. The summed E-state index contributed by atoms with van der Waals surface area (Å²) in [5.74, 6) is -0.655. The molecule has 2 rings (SSSR count). The van der Waals surface area contributed by atoms with Crippen LogP contribution in [0.4, 0.5) is 9.18 Å². The van der Waals surface area contributed by atoms with Crippen molar-refractivity contribution >= 4 is 23.8 Å². The molecule has 1 atom stereocenters. The number of amides is 1. The maximum atomic E-state index is 12.2. The zero-order valence-electron chi connectivity index (χ0n) is 18.1. The topological polar surface area (TPSA) is 64.6 Å². The van der Waals surface area contributed by atoms with E-state index in [1.54, 1.807) is 44.7 Å². The van der Waals surface area contributed by atoms with Crippen molar-refractivity contribution in [3.8, 4) is 0 Å². The lowest BCUT2D eigenvalue weighted by Gasteiger charge is -2.19. The summed E-state index contributed by atoms with van der Waals surface area (Å²) < 4.78 is 22.5. The van der Waals surface area contributed by atoms with Crippen molar-refractivity contribution in [2.45, 2.75) is 50.7 Å². The van der Waals surface area contributed by atoms with Crippen molar-refractivity contribution < 1.29 is 23.5 Å². The van der Waals surface area contributed by atoms with E-state index in [2.05, 4.69) is 5.32 Å². The molecule has 0 aliphatic carbocycles. The molecule has 7 heteroatoms. The molecule has 2 aromatic rings. The van der Waals surface area contributed by atoms with Crippen LogP contribution in [0.1, 0.15) is 33.3 Å². The molecule has 5 nitrogen and oxygen atoms in total. The summed E-state index contributed by atoms with van der Waals surface area (Å²) in [5, 5.41) is 2.37. The van der Waals surface area contributed by atoms with E-state index in [0.717, 1.165) is 10.5 Å². The molecular weight excluding hydrogens is 405 g/mol. The normalized spacial score (nSPS) is 11.5. The van der Waals surface area contributed by atoms with E-state index in [1.165, 1.54) is 12.1 Å². The Balaban J connectivity index is 0.000000414. The van der Waals surface area contributed by atoms with Gasteiger partial charge in [-0.25, -0.2) is 9.18 Å². The highest BCUT2D eigenvalue weighted by Gasteiger charge is 2.17. The van der Waals surface area contributed by atoms with E-state index in [1.807, 2.05) is 43.5 Å². The van der Waals surface area contributed by atoms with E-state index in [9.17, 15) is 14.0 Å². The highest BCUT2D eigenvalue weighted by atomic mass is 32.2. The highest BCUT2D eigenvalue weighted by Crippen LogP contribution is 2.13. The van der Waals surface area contributed by atoms with Gasteiger partial charge in [-0.2, -0.15) is 0 Å². The van der Waals surface area contributed by atoms with Crippen LogP contribution in [0.15, 0.2) is 59.5 Å². The van der Waals surface area contributed by atoms with Crippen LogP contribution < -0.4 is 5.32 Å². The third-order valence-electron chi connectivity index (χ3n) is 3.52. The van der Waals surface area contributed by atoms with Gasteiger partial charge in [-0.1, -0.05) is 30.3 Å². The quantitative estimate of drug-likeness (QED) is 0.497. The van der Waals surface area contributed by atoms with Gasteiger partial charge in [0.2, 0.25) is 0 Å². The molecule has 0 aromatic heterocycles. The number of ether oxygens (including phenoxy) is 2. The number of thioether (sulfide) groups is 1. The van der Waals surface area contributed by atoms with E-state index in [4.69, 9.17) is 9.47 Å². The molecule has 1 N–H and O–H groups in total. The minimum absolute atomic E-state index is 0.173. The lowest BCUT2D eigenvalue weighted by Crippen LogP contribution is -2.36. The largest absolute Gasteiger partial charge is 0.461 e. The fraction of sp³-hybridized carbons (Fsp3) is 0.391. The highest BCUT2D eigenvalue weighted by molar-refractivity contribution is 7.98. The fourth-order valence-corrected chi connectivity index (χ4v) is 2.69. The van der Waals surface area contributed by atoms with E-state index in [-0.39, 0.29) is 18.5 Å². The summed E-state index contributed by atoms with van der Waals surface area (Å²) in [6, 6.07) is 16.2. The summed E-state index contributed by atoms with van der Waals surface area (Å²) in [4.78, 5) is 24.1. The van der Waals surface area contributed by atoms with Gasteiger partial charge in [-0.05, 0) is 63.8 Å². The van der Waals surface area contributed by atoms with E-state index < -0.39 is 17.7 Å². The predicted octanol–water partition coefficient (Wildman–Crippen LogP) is 5.23. The number of nitrogens with one attached hydrogen (secondary N) is 1. The molecule has 0 heterocycles. The molecule has 1 unspecified atom stereocenters. The number of benzene rings is 2. The summed E-state index contributed by atoms with van der Waals surface area (Å²) in [5.41, 5.74) is 0.507. The molecule has 0 fully saturated rings. The summed E-state index contributed by atoms with van der Waals surface area (Å²) in [6.07, 6.45) is 1.72. The standard InChI is InChI=1S/C16H23NO4.C7H7FS/c1-12(10-13-8-6-5-7-9-13)20-14(18)11-17-15(19)21-16(2,3)4;1-9-7-4-2-6(8)3-5-7/h5-9,12H,10-11H2,1-4H3,(H,17,19);2-5H,1H3. The first-order valence-corrected chi connectivity index (χ1v) is 10.8. The number of hydrogen-bond donors (Lipinski definition) is 1. The number of carbonyl (C=O) groups is 2. The molecule has 0 saturated heterocycles. The molecule has 1 amide bonds. The van der Waals surface area contributed by atoms with Gasteiger partial charge in [0.1, 0.15) is 24.1 Å². The van der Waals surface area contributed by atoms with E-state index >= 15 is 0 Å². The summed E-state index contributed by atoms with van der Waals surface area (Å²) in [6.45, 7) is 6.89. The Morgan fingerprint density at radius 1 is 1.07 bits per heavy atom. The van der Waals surface area contributed by atoms with E-state index in [0.29, 0.717) is 6.42 Å². The molecule has 0 radical (unpaired) electrons. The SMILES string of the molecule is CC(Cc1ccccc1)OC(=O)CNC(=O)OC(C)(C)C.CSc1ccc(F)cc1. The number of rotatable bonds is 6. The number of hydrogen-bond acceptors (Lipinski definition) is 5. The third-order valence-corrected chi connectivity index (χ3v) is 4.27. The van der Waals surface area contributed by atoms with Crippen LogP contribution >= 0.6 is 11.8 Å². The van der Waals surface area contributed by atoms with Gasteiger partial charge >= 0.3 is 12.1 Å². The fourth-order valence-electron chi connectivity index (χ4n) is 2.28. The Labute approximate surface area is 182 Å². The number of halogens is 1. The molecule has 0 bridgehead atoms. The lowest BCUT2D eigenvalue weighted by molar-refractivity contribution is -0.147. The maximum Gasteiger partial charge on any atom is 0.408 e. The van der Waals surface area contributed by atoms with Gasteiger partial charge in [0, 0.05) is 11.3 Å². The number of alkyl carbamates (subject to hydrolysis) is 1. The molecular formula is C23H30FNO4S. The number of carbonyl (C=O) groups excluding carboxylic acids is 2. The van der Waals surface area contributed by atoms with Crippen molar-refractivity contribution in [3.63, 3.8) is 0 Å². The molecule has 0 saturated carbocycles. The first-order valence-electron chi connectivity index (χ1n) is 9.59. The average Bonchev–Trinajstić information content (AvgIpc) is 2.67.